The maximum atomic E-state index is 12.8. The van der Waals surface area contributed by atoms with Crippen LogP contribution in [0.15, 0.2) is 72.8 Å². The maximum Gasteiger partial charge on any atom is 0.416 e. The molecular formula is C24H19F3O4. The van der Waals surface area contributed by atoms with E-state index in [2.05, 4.69) is 0 Å². The van der Waals surface area contributed by atoms with Crippen molar-refractivity contribution in [2.45, 2.75) is 13.1 Å². The van der Waals surface area contributed by atoms with Gasteiger partial charge < -0.3 is 9.47 Å². The summed E-state index contributed by atoms with van der Waals surface area (Å²) >= 11 is 0. The molecule has 0 heterocycles. The molecule has 0 N–H and O–H groups in total. The maximum absolute atomic E-state index is 12.8. The smallest absolute Gasteiger partial charge is 0.416 e. The number of halogens is 3. The fourth-order valence-corrected chi connectivity index (χ4v) is 2.95. The standard InChI is InChI=1S/C24H19F3O4/c1-2-30-19-13-9-17(10-14-19)22(28)15-31-23(29)21-6-4-3-5-20(21)16-7-11-18(12-8-16)24(25,26)27/h3-14H,2,15H2,1H3. The number of alkyl halides is 3. The van der Waals surface area contributed by atoms with Gasteiger partial charge in [-0.2, -0.15) is 13.2 Å². The highest BCUT2D eigenvalue weighted by Crippen LogP contribution is 2.32. The van der Waals surface area contributed by atoms with E-state index in [1.165, 1.54) is 18.2 Å². The molecule has 0 atom stereocenters. The van der Waals surface area contributed by atoms with Crippen molar-refractivity contribution in [3.05, 3.63) is 89.5 Å². The summed E-state index contributed by atoms with van der Waals surface area (Å²) in [5.41, 5.74) is 0.583. The molecule has 0 spiro atoms. The molecule has 0 saturated carbocycles. The van der Waals surface area contributed by atoms with Crippen LogP contribution in [-0.4, -0.2) is 25.0 Å². The quantitative estimate of drug-likeness (QED) is 0.352. The van der Waals surface area contributed by atoms with Crippen molar-refractivity contribution in [3.8, 4) is 16.9 Å². The van der Waals surface area contributed by atoms with E-state index in [-0.39, 0.29) is 11.3 Å². The summed E-state index contributed by atoms with van der Waals surface area (Å²) in [4.78, 5) is 24.9. The number of ketones is 1. The summed E-state index contributed by atoms with van der Waals surface area (Å²) in [5, 5.41) is 0. The molecule has 0 aliphatic carbocycles. The highest BCUT2D eigenvalue weighted by Gasteiger charge is 2.30. The third-order valence-corrected chi connectivity index (χ3v) is 4.49. The highest BCUT2D eigenvalue weighted by atomic mass is 19.4. The normalized spacial score (nSPS) is 11.1. The lowest BCUT2D eigenvalue weighted by molar-refractivity contribution is -0.137. The van der Waals surface area contributed by atoms with E-state index in [1.807, 2.05) is 6.92 Å². The fourth-order valence-electron chi connectivity index (χ4n) is 2.95. The monoisotopic (exact) mass is 428 g/mol. The molecule has 0 saturated heterocycles. The third-order valence-electron chi connectivity index (χ3n) is 4.49. The minimum atomic E-state index is -4.45. The molecule has 3 aromatic rings. The van der Waals surface area contributed by atoms with Crippen LogP contribution in [0, 0.1) is 0 Å². The van der Waals surface area contributed by atoms with Crippen molar-refractivity contribution >= 4 is 11.8 Å². The second-order valence-corrected chi connectivity index (χ2v) is 6.58. The van der Waals surface area contributed by atoms with Crippen LogP contribution in [0.25, 0.3) is 11.1 Å². The Hall–Kier alpha value is -3.61. The molecule has 0 radical (unpaired) electrons. The Balaban J connectivity index is 1.72. The van der Waals surface area contributed by atoms with Crippen LogP contribution in [-0.2, 0) is 10.9 Å². The van der Waals surface area contributed by atoms with Crippen LogP contribution >= 0.6 is 0 Å². The number of benzene rings is 3. The van der Waals surface area contributed by atoms with E-state index >= 15 is 0 Å². The molecule has 0 aromatic heterocycles. The Morgan fingerprint density at radius 2 is 1.52 bits per heavy atom. The molecule has 0 amide bonds. The Kier molecular flexibility index (Phi) is 6.74. The van der Waals surface area contributed by atoms with Gasteiger partial charge in [0.1, 0.15) is 5.75 Å². The second-order valence-electron chi connectivity index (χ2n) is 6.58. The molecule has 3 aromatic carbocycles. The van der Waals surface area contributed by atoms with Crippen LogP contribution in [0.3, 0.4) is 0 Å². The summed E-state index contributed by atoms with van der Waals surface area (Å²) in [6.07, 6.45) is -4.45. The Morgan fingerprint density at radius 3 is 2.13 bits per heavy atom. The second kappa shape index (κ2) is 9.47. The van der Waals surface area contributed by atoms with Gasteiger partial charge in [-0.15, -0.1) is 0 Å². The number of Topliss-reactive ketones (excluding diaryl/α,β-unsaturated/α-hetero) is 1. The number of hydrogen-bond donors (Lipinski definition) is 0. The summed E-state index contributed by atoms with van der Waals surface area (Å²) in [5.74, 6) is -0.500. The first-order valence-corrected chi connectivity index (χ1v) is 9.49. The fraction of sp³-hybridized carbons (Fsp3) is 0.167. The lowest BCUT2D eigenvalue weighted by atomic mass is 9.98. The van der Waals surface area contributed by atoms with Gasteiger partial charge in [-0.1, -0.05) is 30.3 Å². The van der Waals surface area contributed by atoms with E-state index in [0.29, 0.717) is 29.0 Å². The van der Waals surface area contributed by atoms with Crippen LogP contribution in [0.5, 0.6) is 5.75 Å². The number of rotatable bonds is 7. The van der Waals surface area contributed by atoms with Gasteiger partial charge in [-0.3, -0.25) is 4.79 Å². The third kappa shape index (κ3) is 5.51. The van der Waals surface area contributed by atoms with Crippen molar-refractivity contribution < 1.29 is 32.2 Å². The van der Waals surface area contributed by atoms with Crippen LogP contribution in [0.1, 0.15) is 33.2 Å². The topological polar surface area (TPSA) is 52.6 Å². The lowest BCUT2D eigenvalue weighted by Crippen LogP contribution is -2.15. The van der Waals surface area contributed by atoms with E-state index in [9.17, 15) is 22.8 Å². The number of esters is 1. The summed E-state index contributed by atoms with van der Waals surface area (Å²) in [6, 6.07) is 17.3. The Morgan fingerprint density at radius 1 is 0.871 bits per heavy atom. The molecule has 0 unspecified atom stereocenters. The average Bonchev–Trinajstić information content (AvgIpc) is 2.77. The predicted octanol–water partition coefficient (Wildman–Crippen LogP) is 5.81. The molecular weight excluding hydrogens is 409 g/mol. The van der Waals surface area contributed by atoms with Gasteiger partial charge in [0.05, 0.1) is 17.7 Å². The predicted molar refractivity (Wildman–Crippen MR) is 109 cm³/mol. The van der Waals surface area contributed by atoms with Gasteiger partial charge in [-0.05, 0) is 60.5 Å². The van der Waals surface area contributed by atoms with Crippen LogP contribution in [0.2, 0.25) is 0 Å². The van der Waals surface area contributed by atoms with Gasteiger partial charge in [0.2, 0.25) is 0 Å². The van der Waals surface area contributed by atoms with E-state index in [1.54, 1.807) is 42.5 Å². The molecule has 31 heavy (non-hydrogen) atoms. The summed E-state index contributed by atoms with van der Waals surface area (Å²) in [6.45, 7) is 1.89. The molecule has 0 aliphatic heterocycles. The zero-order valence-corrected chi connectivity index (χ0v) is 16.6. The number of carbonyl (C=O) groups is 2. The van der Waals surface area contributed by atoms with Gasteiger partial charge in [0.15, 0.2) is 12.4 Å². The molecule has 4 nitrogen and oxygen atoms in total. The Labute approximate surface area is 177 Å². The summed E-state index contributed by atoms with van der Waals surface area (Å²) < 4.78 is 48.9. The van der Waals surface area contributed by atoms with Crippen molar-refractivity contribution in [1.82, 2.24) is 0 Å². The molecule has 0 bridgehead atoms. The first-order valence-electron chi connectivity index (χ1n) is 9.49. The van der Waals surface area contributed by atoms with Gasteiger partial charge in [0.25, 0.3) is 0 Å². The molecule has 0 fully saturated rings. The van der Waals surface area contributed by atoms with Gasteiger partial charge in [-0.25, -0.2) is 4.79 Å². The molecule has 3 rings (SSSR count). The number of hydrogen-bond acceptors (Lipinski definition) is 4. The van der Waals surface area contributed by atoms with E-state index in [0.717, 1.165) is 12.1 Å². The minimum Gasteiger partial charge on any atom is -0.494 e. The van der Waals surface area contributed by atoms with E-state index < -0.39 is 24.3 Å². The molecule has 7 heteroatoms. The van der Waals surface area contributed by atoms with Gasteiger partial charge >= 0.3 is 12.1 Å². The number of carbonyl (C=O) groups excluding carboxylic acids is 2. The number of ether oxygens (including phenoxy) is 2. The zero-order chi connectivity index (χ0) is 22.4. The van der Waals surface area contributed by atoms with E-state index in [4.69, 9.17) is 9.47 Å². The van der Waals surface area contributed by atoms with Crippen molar-refractivity contribution in [2.75, 3.05) is 13.2 Å². The average molecular weight is 428 g/mol. The van der Waals surface area contributed by atoms with Crippen molar-refractivity contribution in [3.63, 3.8) is 0 Å². The first-order chi connectivity index (χ1) is 14.8. The SMILES string of the molecule is CCOc1ccc(C(=O)COC(=O)c2ccccc2-c2ccc(C(F)(F)F)cc2)cc1. The Bertz CT molecular complexity index is 1060. The largest absolute Gasteiger partial charge is 0.494 e. The first kappa shape index (κ1) is 22.1. The zero-order valence-electron chi connectivity index (χ0n) is 16.6. The van der Waals surface area contributed by atoms with Gasteiger partial charge in [0, 0.05) is 5.56 Å². The molecule has 160 valence electrons. The van der Waals surface area contributed by atoms with Crippen molar-refractivity contribution in [2.24, 2.45) is 0 Å². The lowest BCUT2D eigenvalue weighted by Gasteiger charge is -2.11. The van der Waals surface area contributed by atoms with Crippen LogP contribution < -0.4 is 4.74 Å². The van der Waals surface area contributed by atoms with Crippen LogP contribution in [0.4, 0.5) is 13.2 Å². The highest BCUT2D eigenvalue weighted by molar-refractivity contribution is 6.01. The summed E-state index contributed by atoms with van der Waals surface area (Å²) in [7, 11) is 0. The minimum absolute atomic E-state index is 0.154. The molecule has 0 aliphatic rings. The van der Waals surface area contributed by atoms with Crippen molar-refractivity contribution in [1.29, 1.82) is 0 Å².